The molecule has 0 amide bonds. The van der Waals surface area contributed by atoms with Gasteiger partial charge in [0.05, 0.1) is 12.1 Å². The van der Waals surface area contributed by atoms with Crippen molar-refractivity contribution < 1.29 is 9.53 Å². The second-order valence-electron chi connectivity index (χ2n) is 5.80. The van der Waals surface area contributed by atoms with Crippen molar-refractivity contribution >= 4 is 35.1 Å². The fraction of sp³-hybridized carbons (Fsp3) is 0.412. The van der Waals surface area contributed by atoms with E-state index in [4.69, 9.17) is 17.0 Å². The number of carbonyl (C=O) groups is 1. The Balaban J connectivity index is 1.99. The van der Waals surface area contributed by atoms with E-state index in [1.165, 1.54) is 4.90 Å². The maximum Gasteiger partial charge on any atom is 0.337 e. The summed E-state index contributed by atoms with van der Waals surface area (Å²) < 4.78 is 5.49. The number of allylic oxidation sites excluding steroid dienone is 1. The van der Waals surface area contributed by atoms with Gasteiger partial charge in [0.25, 0.3) is 0 Å². The van der Waals surface area contributed by atoms with Crippen molar-refractivity contribution in [2.75, 3.05) is 12.3 Å². The van der Waals surface area contributed by atoms with Gasteiger partial charge in [-0.05, 0) is 31.1 Å². The van der Waals surface area contributed by atoms with Crippen LogP contribution >= 0.6 is 24.0 Å². The molecule has 23 heavy (non-hydrogen) atoms. The summed E-state index contributed by atoms with van der Waals surface area (Å²) in [6, 6.07) is 8.05. The van der Waals surface area contributed by atoms with Crippen molar-refractivity contribution in [3.05, 3.63) is 41.1 Å². The Bertz CT molecular complexity index is 627. The van der Waals surface area contributed by atoms with Crippen molar-refractivity contribution in [1.82, 2.24) is 10.6 Å². The van der Waals surface area contributed by atoms with Gasteiger partial charge in [-0.25, -0.2) is 4.79 Å². The quantitative estimate of drug-likeness (QED) is 0.467. The lowest BCUT2D eigenvalue weighted by Gasteiger charge is -2.21. The third kappa shape index (κ3) is 5.25. The zero-order valence-electron chi connectivity index (χ0n) is 13.6. The average Bonchev–Trinajstić information content (AvgIpc) is 2.51. The van der Waals surface area contributed by atoms with Crippen LogP contribution in [0.4, 0.5) is 0 Å². The summed E-state index contributed by atoms with van der Waals surface area (Å²) >= 11 is 6.82. The Morgan fingerprint density at radius 2 is 2.13 bits per heavy atom. The smallest absolute Gasteiger partial charge is 0.337 e. The molecule has 1 aromatic carbocycles. The summed E-state index contributed by atoms with van der Waals surface area (Å²) in [6.07, 6.45) is 0. The zero-order chi connectivity index (χ0) is 16.8. The lowest BCUT2D eigenvalue weighted by atomic mass is 10.2. The van der Waals surface area contributed by atoms with Crippen LogP contribution in [-0.4, -0.2) is 23.4 Å². The molecule has 0 unspecified atom stereocenters. The van der Waals surface area contributed by atoms with Gasteiger partial charge in [0.1, 0.15) is 6.61 Å². The molecule has 2 rings (SSSR count). The molecule has 0 spiro atoms. The van der Waals surface area contributed by atoms with Crippen LogP contribution in [0.25, 0.3) is 0 Å². The fourth-order valence-corrected chi connectivity index (χ4v) is 3.29. The first kappa shape index (κ1) is 17.8. The summed E-state index contributed by atoms with van der Waals surface area (Å²) in [5, 5.41) is 6.43. The maximum absolute atomic E-state index is 12.3. The van der Waals surface area contributed by atoms with E-state index in [-0.39, 0.29) is 12.6 Å². The molecule has 2 N–H and O–H groups in total. The molecule has 0 radical (unpaired) electrons. The molecule has 0 saturated heterocycles. The number of esters is 1. The first-order valence-corrected chi connectivity index (χ1v) is 8.99. The lowest BCUT2D eigenvalue weighted by Crippen LogP contribution is -2.42. The Labute approximate surface area is 147 Å². The molecule has 1 heterocycles. The van der Waals surface area contributed by atoms with Gasteiger partial charge in [-0.3, -0.25) is 0 Å². The number of benzene rings is 1. The number of ether oxygens (including phenoxy) is 1. The summed E-state index contributed by atoms with van der Waals surface area (Å²) in [7, 11) is 0. The molecule has 6 heteroatoms. The van der Waals surface area contributed by atoms with E-state index >= 15 is 0 Å². The molecular formula is C17H22N2O2S2. The number of hydrogen-bond acceptors (Lipinski definition) is 4. The predicted molar refractivity (Wildman–Crippen MR) is 98.2 cm³/mol. The molecule has 1 aliphatic rings. The molecule has 1 aliphatic heterocycles. The third-order valence-electron chi connectivity index (χ3n) is 3.33. The van der Waals surface area contributed by atoms with Crippen LogP contribution < -0.4 is 10.6 Å². The number of thioether (sulfide) groups is 1. The van der Waals surface area contributed by atoms with Crippen molar-refractivity contribution in [3.63, 3.8) is 0 Å². The van der Waals surface area contributed by atoms with Gasteiger partial charge in [0.15, 0.2) is 5.11 Å². The highest BCUT2D eigenvalue weighted by atomic mass is 32.2. The molecule has 4 nitrogen and oxygen atoms in total. The molecule has 0 aliphatic carbocycles. The number of nitrogens with one attached hydrogen (secondary N) is 2. The topological polar surface area (TPSA) is 50.4 Å². The third-order valence-corrected chi connectivity index (χ3v) is 5.12. The van der Waals surface area contributed by atoms with Gasteiger partial charge >= 0.3 is 5.97 Å². The lowest BCUT2D eigenvalue weighted by molar-refractivity contribution is -0.140. The average molecular weight is 351 g/mol. The minimum Gasteiger partial charge on any atom is -0.457 e. The Hall–Kier alpha value is -1.53. The monoisotopic (exact) mass is 350 g/mol. The Kier molecular flexibility index (Phi) is 6.47. The van der Waals surface area contributed by atoms with E-state index in [1.54, 1.807) is 11.8 Å². The number of rotatable bonds is 6. The molecule has 124 valence electrons. The van der Waals surface area contributed by atoms with Gasteiger partial charge in [-0.15, -0.1) is 11.8 Å². The largest absolute Gasteiger partial charge is 0.457 e. The Morgan fingerprint density at radius 1 is 1.39 bits per heavy atom. The van der Waals surface area contributed by atoms with Crippen LogP contribution in [0, 0.1) is 5.92 Å². The molecular weight excluding hydrogens is 328 g/mol. The van der Waals surface area contributed by atoms with Crippen molar-refractivity contribution in [2.24, 2.45) is 5.92 Å². The van der Waals surface area contributed by atoms with Crippen LogP contribution in [0.3, 0.4) is 0 Å². The maximum atomic E-state index is 12.3. The fourth-order valence-electron chi connectivity index (χ4n) is 2.07. The number of hydrogen-bond donors (Lipinski definition) is 2. The number of carbonyl (C=O) groups excluding carboxylic acids is 1. The highest BCUT2D eigenvalue weighted by molar-refractivity contribution is 7.99. The second kappa shape index (κ2) is 8.36. The van der Waals surface area contributed by atoms with Crippen LogP contribution in [0.15, 0.2) is 40.4 Å². The van der Waals surface area contributed by atoms with E-state index in [0.717, 1.165) is 17.0 Å². The van der Waals surface area contributed by atoms with Gasteiger partial charge in [-0.2, -0.15) is 0 Å². The normalized spacial score (nSPS) is 14.5. The minimum atomic E-state index is -0.311. The van der Waals surface area contributed by atoms with Crippen LogP contribution in [0.5, 0.6) is 0 Å². The van der Waals surface area contributed by atoms with Gasteiger partial charge in [-0.1, -0.05) is 32.0 Å². The van der Waals surface area contributed by atoms with Crippen LogP contribution in [-0.2, 0) is 16.1 Å². The predicted octanol–water partition coefficient (Wildman–Crippen LogP) is 3.23. The molecule has 0 bridgehead atoms. The van der Waals surface area contributed by atoms with Crippen molar-refractivity contribution in [3.8, 4) is 0 Å². The summed E-state index contributed by atoms with van der Waals surface area (Å²) in [5.74, 6) is 1.35. The molecule has 0 atom stereocenters. The SMILES string of the molecule is CC1=C(C(=O)OCc2ccccc2SCC(C)C)CNC(=S)N1. The molecule has 0 aromatic heterocycles. The van der Waals surface area contributed by atoms with Gasteiger partial charge < -0.3 is 15.4 Å². The summed E-state index contributed by atoms with van der Waals surface area (Å²) in [5.41, 5.74) is 2.38. The van der Waals surface area contributed by atoms with Crippen molar-refractivity contribution in [2.45, 2.75) is 32.3 Å². The molecule has 1 aromatic rings. The van der Waals surface area contributed by atoms with Gasteiger partial charge in [0, 0.05) is 21.9 Å². The first-order valence-electron chi connectivity index (χ1n) is 7.59. The van der Waals surface area contributed by atoms with E-state index in [0.29, 0.717) is 23.1 Å². The van der Waals surface area contributed by atoms with E-state index in [1.807, 2.05) is 25.1 Å². The molecule has 0 saturated carbocycles. The summed E-state index contributed by atoms with van der Waals surface area (Å²) in [6.45, 7) is 6.90. The molecule has 0 fully saturated rings. The minimum absolute atomic E-state index is 0.279. The van der Waals surface area contributed by atoms with E-state index in [2.05, 4.69) is 30.5 Å². The van der Waals surface area contributed by atoms with Crippen LogP contribution in [0.2, 0.25) is 0 Å². The first-order chi connectivity index (χ1) is 11.0. The van der Waals surface area contributed by atoms with Crippen molar-refractivity contribution in [1.29, 1.82) is 0 Å². The summed E-state index contributed by atoms with van der Waals surface area (Å²) in [4.78, 5) is 13.4. The zero-order valence-corrected chi connectivity index (χ0v) is 15.3. The number of thiocarbonyl (C=S) groups is 1. The van der Waals surface area contributed by atoms with E-state index < -0.39 is 0 Å². The second-order valence-corrected chi connectivity index (χ2v) is 7.27. The highest BCUT2D eigenvalue weighted by Crippen LogP contribution is 2.25. The van der Waals surface area contributed by atoms with Gasteiger partial charge in [0.2, 0.25) is 0 Å². The Morgan fingerprint density at radius 3 is 2.83 bits per heavy atom. The highest BCUT2D eigenvalue weighted by Gasteiger charge is 2.20. The van der Waals surface area contributed by atoms with E-state index in [9.17, 15) is 4.79 Å². The van der Waals surface area contributed by atoms with Crippen LogP contribution in [0.1, 0.15) is 26.3 Å². The standard InChI is InChI=1S/C17H22N2O2S2/c1-11(2)10-23-15-7-5-4-6-13(15)9-21-16(20)14-8-18-17(22)19-12(14)3/h4-7,11H,8-10H2,1-3H3,(H2,18,19,22).